The molecule has 1 saturated heterocycles. The van der Waals surface area contributed by atoms with Crippen LogP contribution in [0.15, 0.2) is 0 Å². The maximum atomic E-state index is 10.1. The minimum atomic E-state index is 0.144. The van der Waals surface area contributed by atoms with Gasteiger partial charge in [-0.25, -0.2) is 0 Å². The largest absolute Gasteiger partial charge is 0.305 e. The summed E-state index contributed by atoms with van der Waals surface area (Å²) < 4.78 is 0. The molecule has 46 valence electrons. The highest BCUT2D eigenvalue weighted by Crippen LogP contribution is 2.08. The Bertz CT molecular complexity index is 92.5. The Balaban J connectivity index is 2.32. The molecule has 1 heterocycles. The molecule has 0 aliphatic carbocycles. The molecule has 0 aromatic rings. The van der Waals surface area contributed by atoms with Crippen molar-refractivity contribution in [3.63, 3.8) is 0 Å². The number of rotatable bonds is 1. The molecule has 2 nitrogen and oxygen atoms in total. The van der Waals surface area contributed by atoms with Gasteiger partial charge in [-0.3, -0.25) is 0 Å². The highest BCUT2D eigenvalue weighted by atomic mass is 16.1. The Morgan fingerprint density at radius 2 is 2.38 bits per heavy atom. The summed E-state index contributed by atoms with van der Waals surface area (Å²) in [5.74, 6) is 0. The van der Waals surface area contributed by atoms with Gasteiger partial charge in [-0.1, -0.05) is 0 Å². The fourth-order valence-corrected chi connectivity index (χ4v) is 1.07. The van der Waals surface area contributed by atoms with E-state index in [0.29, 0.717) is 6.04 Å². The minimum absolute atomic E-state index is 0.144. The molecule has 2 heteroatoms. The zero-order valence-corrected chi connectivity index (χ0v) is 5.05. The van der Waals surface area contributed by atoms with E-state index >= 15 is 0 Å². The van der Waals surface area contributed by atoms with E-state index in [9.17, 15) is 4.79 Å². The zero-order valence-electron chi connectivity index (χ0n) is 5.05. The quantitative estimate of drug-likeness (QED) is 0.496. The van der Waals surface area contributed by atoms with Gasteiger partial charge in [0.05, 0.1) is 6.04 Å². The summed E-state index contributed by atoms with van der Waals surface area (Å²) in [6.07, 6.45) is 3.15. The van der Waals surface area contributed by atoms with Crippen molar-refractivity contribution in [1.82, 2.24) is 5.32 Å². The van der Waals surface area contributed by atoms with Gasteiger partial charge in [0.2, 0.25) is 0 Å². The predicted octanol–water partition coefficient (Wildman–Crippen LogP) is 0.326. The summed E-state index contributed by atoms with van der Waals surface area (Å²) in [5.41, 5.74) is 0. The lowest BCUT2D eigenvalue weighted by Gasteiger charge is -2.00. The first-order valence-electron chi connectivity index (χ1n) is 3.04. The average molecular weight is 113 g/mol. The molecule has 0 aromatic heterocycles. The maximum Gasteiger partial charge on any atom is 0.136 e. The summed E-state index contributed by atoms with van der Waals surface area (Å²) in [6, 6.07) is 0.690. The van der Waals surface area contributed by atoms with Gasteiger partial charge in [-0.15, -0.1) is 0 Å². The van der Waals surface area contributed by atoms with Crippen molar-refractivity contribution in [2.45, 2.75) is 31.8 Å². The zero-order chi connectivity index (χ0) is 5.98. The molecule has 0 amide bonds. The molecule has 1 fully saturated rings. The summed E-state index contributed by atoms with van der Waals surface area (Å²) in [7, 11) is 0. The van der Waals surface area contributed by atoms with E-state index in [1.54, 1.807) is 0 Å². The lowest BCUT2D eigenvalue weighted by Crippen LogP contribution is -2.27. The average Bonchev–Trinajstić information content (AvgIpc) is 2.14. The number of hydrogen-bond acceptors (Lipinski definition) is 2. The van der Waals surface area contributed by atoms with Gasteiger partial charge >= 0.3 is 0 Å². The molecule has 0 aromatic carbocycles. The van der Waals surface area contributed by atoms with Gasteiger partial charge < -0.3 is 10.1 Å². The maximum absolute atomic E-state index is 10.1. The first kappa shape index (κ1) is 5.76. The minimum Gasteiger partial charge on any atom is -0.305 e. The molecule has 2 atom stereocenters. The fraction of sp³-hybridized carbons (Fsp3) is 0.833. The van der Waals surface area contributed by atoms with Crippen LogP contribution in [0.25, 0.3) is 0 Å². The third kappa shape index (κ3) is 1.07. The van der Waals surface area contributed by atoms with Crippen molar-refractivity contribution >= 4 is 6.29 Å². The number of carbonyl (C=O) groups excluding carboxylic acids is 1. The molecule has 1 aliphatic heterocycles. The fourth-order valence-electron chi connectivity index (χ4n) is 1.07. The number of nitrogens with one attached hydrogen (secondary N) is 1. The normalized spacial score (nSPS) is 37.6. The molecule has 0 bridgehead atoms. The Hall–Kier alpha value is -0.370. The highest BCUT2D eigenvalue weighted by Gasteiger charge is 2.18. The molecular weight excluding hydrogens is 102 g/mol. The van der Waals surface area contributed by atoms with Crippen LogP contribution in [0.5, 0.6) is 0 Å². The Morgan fingerprint density at radius 1 is 1.62 bits per heavy atom. The predicted molar refractivity (Wildman–Crippen MR) is 31.7 cm³/mol. The van der Waals surface area contributed by atoms with Crippen LogP contribution in [0, 0.1) is 0 Å². The van der Waals surface area contributed by atoms with Crippen molar-refractivity contribution in [2.75, 3.05) is 0 Å². The molecule has 1 N–H and O–H groups in total. The van der Waals surface area contributed by atoms with Crippen LogP contribution in [-0.4, -0.2) is 18.4 Å². The monoisotopic (exact) mass is 113 g/mol. The van der Waals surface area contributed by atoms with Crippen LogP contribution in [0.2, 0.25) is 0 Å². The second kappa shape index (κ2) is 2.27. The van der Waals surface area contributed by atoms with E-state index in [-0.39, 0.29) is 6.04 Å². The number of carbonyl (C=O) groups is 1. The topological polar surface area (TPSA) is 29.1 Å². The van der Waals surface area contributed by atoms with E-state index in [4.69, 9.17) is 0 Å². The highest BCUT2D eigenvalue weighted by molar-refractivity contribution is 5.58. The molecule has 0 radical (unpaired) electrons. The van der Waals surface area contributed by atoms with E-state index in [2.05, 4.69) is 12.2 Å². The van der Waals surface area contributed by atoms with E-state index < -0.39 is 0 Å². The lowest BCUT2D eigenvalue weighted by atomic mass is 10.2. The second-order valence-electron chi connectivity index (χ2n) is 2.39. The summed E-state index contributed by atoms with van der Waals surface area (Å²) in [6.45, 7) is 2.10. The molecule has 1 unspecified atom stereocenters. The van der Waals surface area contributed by atoms with Crippen molar-refractivity contribution in [1.29, 1.82) is 0 Å². The molecule has 0 saturated carbocycles. The molecule has 1 aliphatic rings. The van der Waals surface area contributed by atoms with E-state index in [1.807, 2.05) is 0 Å². The summed E-state index contributed by atoms with van der Waals surface area (Å²) >= 11 is 0. The van der Waals surface area contributed by atoms with Crippen LogP contribution in [-0.2, 0) is 4.79 Å². The van der Waals surface area contributed by atoms with Crippen LogP contribution in [0.4, 0.5) is 0 Å². The van der Waals surface area contributed by atoms with Gasteiger partial charge in [0, 0.05) is 6.04 Å². The van der Waals surface area contributed by atoms with E-state index in [0.717, 1.165) is 19.1 Å². The molecule has 1 rings (SSSR count). The lowest BCUT2D eigenvalue weighted by molar-refractivity contribution is -0.109. The van der Waals surface area contributed by atoms with Crippen LogP contribution in [0.3, 0.4) is 0 Å². The van der Waals surface area contributed by atoms with Crippen LogP contribution >= 0.6 is 0 Å². The van der Waals surface area contributed by atoms with E-state index in [1.165, 1.54) is 0 Å². The van der Waals surface area contributed by atoms with Crippen molar-refractivity contribution in [2.24, 2.45) is 0 Å². The molecular formula is C6H11NO. The van der Waals surface area contributed by atoms with Gasteiger partial charge in [-0.05, 0) is 19.8 Å². The Labute approximate surface area is 49.3 Å². The van der Waals surface area contributed by atoms with Crippen molar-refractivity contribution in [3.8, 4) is 0 Å². The van der Waals surface area contributed by atoms with Crippen LogP contribution < -0.4 is 5.32 Å². The molecule has 8 heavy (non-hydrogen) atoms. The number of hydrogen-bond donors (Lipinski definition) is 1. The smallest absolute Gasteiger partial charge is 0.136 e. The third-order valence-corrected chi connectivity index (χ3v) is 1.57. The standard InChI is InChI=1S/C6H11NO/c1-5-2-3-6(4-8)7-5/h4-7H,2-3H2,1H3/t5-,6?/m1/s1. The summed E-state index contributed by atoms with van der Waals surface area (Å²) in [5, 5.41) is 3.14. The number of aldehydes is 1. The Morgan fingerprint density at radius 3 is 2.62 bits per heavy atom. The molecule has 0 spiro atoms. The van der Waals surface area contributed by atoms with Crippen molar-refractivity contribution in [3.05, 3.63) is 0 Å². The second-order valence-corrected chi connectivity index (χ2v) is 2.39. The van der Waals surface area contributed by atoms with Gasteiger partial charge in [0.15, 0.2) is 0 Å². The Kier molecular flexibility index (Phi) is 1.63. The first-order chi connectivity index (χ1) is 3.83. The van der Waals surface area contributed by atoms with Gasteiger partial charge in [-0.2, -0.15) is 0 Å². The summed E-state index contributed by atoms with van der Waals surface area (Å²) in [4.78, 5) is 10.1. The van der Waals surface area contributed by atoms with Gasteiger partial charge in [0.25, 0.3) is 0 Å². The first-order valence-corrected chi connectivity index (χ1v) is 3.04. The van der Waals surface area contributed by atoms with Crippen molar-refractivity contribution < 1.29 is 4.79 Å². The third-order valence-electron chi connectivity index (χ3n) is 1.57. The van der Waals surface area contributed by atoms with Crippen LogP contribution in [0.1, 0.15) is 19.8 Å². The SMILES string of the molecule is C[C@@H]1CCC(C=O)N1. The van der Waals surface area contributed by atoms with Gasteiger partial charge in [0.1, 0.15) is 6.29 Å².